The monoisotopic (exact) mass is 414 g/mol. The number of benzene rings is 2. The van der Waals surface area contributed by atoms with Crippen molar-refractivity contribution in [1.82, 2.24) is 10.2 Å². The van der Waals surface area contributed by atoms with Crippen LogP contribution in [0.15, 0.2) is 53.7 Å². The summed E-state index contributed by atoms with van der Waals surface area (Å²) < 4.78 is 38.8. The van der Waals surface area contributed by atoms with E-state index >= 15 is 0 Å². The summed E-state index contributed by atoms with van der Waals surface area (Å²) in [6.45, 7) is 2.77. The van der Waals surface area contributed by atoms with Gasteiger partial charge in [-0.3, -0.25) is 14.6 Å². The minimum Gasteiger partial charge on any atom is -0.486 e. The zero-order valence-electron chi connectivity index (χ0n) is 15.4. The van der Waals surface area contributed by atoms with Gasteiger partial charge in [0.1, 0.15) is 13.2 Å². The fraction of sp³-hybridized carbons (Fsp3) is 0.158. The maximum absolute atomic E-state index is 12.7. The number of anilines is 2. The van der Waals surface area contributed by atoms with Crippen molar-refractivity contribution in [3.63, 3.8) is 0 Å². The summed E-state index contributed by atoms with van der Waals surface area (Å²) in [5.74, 6) is 0.470. The van der Waals surface area contributed by atoms with E-state index in [9.17, 15) is 13.2 Å². The Morgan fingerprint density at radius 3 is 2.48 bits per heavy atom. The molecule has 0 bridgehead atoms. The molecule has 150 valence electrons. The summed E-state index contributed by atoms with van der Waals surface area (Å²) in [5.41, 5.74) is 1.70. The van der Waals surface area contributed by atoms with Crippen LogP contribution in [0.1, 0.15) is 15.9 Å². The lowest BCUT2D eigenvalue weighted by Gasteiger charge is -2.19. The number of rotatable bonds is 5. The fourth-order valence-electron chi connectivity index (χ4n) is 2.79. The van der Waals surface area contributed by atoms with E-state index in [0.717, 1.165) is 11.8 Å². The molecule has 0 atom stereocenters. The maximum Gasteiger partial charge on any atom is 0.279 e. The molecule has 1 aliphatic heterocycles. The standard InChI is InChI=1S/C19H18N4O5S/c1-12-2-4-13(5-3-12)23-29(25,26)19-15(11-20-22-19)18(24)21-14-6-7-16-17(10-14)28-9-8-27-16/h2-7,10-11,23H,8-9H2,1H3,(H,20,22)(H,21,24). The van der Waals surface area contributed by atoms with Gasteiger partial charge in [0.05, 0.1) is 11.8 Å². The van der Waals surface area contributed by atoms with Crippen LogP contribution >= 0.6 is 0 Å². The number of H-pyrrole nitrogens is 1. The van der Waals surface area contributed by atoms with Crippen molar-refractivity contribution < 1.29 is 22.7 Å². The summed E-state index contributed by atoms with van der Waals surface area (Å²) in [6.07, 6.45) is 1.16. The van der Waals surface area contributed by atoms with Crippen LogP contribution in [0, 0.1) is 6.92 Å². The second kappa shape index (κ2) is 7.47. The Bertz CT molecular complexity index is 1160. The Morgan fingerprint density at radius 2 is 1.72 bits per heavy atom. The van der Waals surface area contributed by atoms with E-state index in [2.05, 4.69) is 20.2 Å². The number of sulfonamides is 1. The van der Waals surface area contributed by atoms with Crippen molar-refractivity contribution in [2.24, 2.45) is 0 Å². The number of aromatic nitrogens is 2. The first kappa shape index (κ1) is 18.8. The van der Waals surface area contributed by atoms with Gasteiger partial charge in [0.2, 0.25) is 0 Å². The third-order valence-electron chi connectivity index (χ3n) is 4.22. The molecular formula is C19H18N4O5S. The number of hydrogen-bond donors (Lipinski definition) is 3. The number of ether oxygens (including phenoxy) is 2. The van der Waals surface area contributed by atoms with E-state index < -0.39 is 15.9 Å². The third-order valence-corrected chi connectivity index (χ3v) is 5.57. The molecule has 2 aromatic carbocycles. The Balaban J connectivity index is 1.55. The lowest BCUT2D eigenvalue weighted by Crippen LogP contribution is -2.20. The lowest BCUT2D eigenvalue weighted by atomic mass is 10.2. The number of amides is 1. The van der Waals surface area contributed by atoms with Crippen LogP contribution in [0.2, 0.25) is 0 Å². The molecule has 2 heterocycles. The minimum atomic E-state index is -4.04. The maximum atomic E-state index is 12.7. The molecule has 29 heavy (non-hydrogen) atoms. The van der Waals surface area contributed by atoms with Gasteiger partial charge >= 0.3 is 0 Å². The van der Waals surface area contributed by atoms with E-state index in [1.807, 2.05) is 6.92 Å². The largest absolute Gasteiger partial charge is 0.486 e. The summed E-state index contributed by atoms with van der Waals surface area (Å²) in [5, 5.41) is 8.44. The predicted molar refractivity (Wildman–Crippen MR) is 106 cm³/mol. The van der Waals surface area contributed by atoms with E-state index in [4.69, 9.17) is 9.47 Å². The Labute approximate surface area is 167 Å². The second-order valence-electron chi connectivity index (χ2n) is 6.40. The van der Waals surface area contributed by atoms with Crippen LogP contribution in [-0.2, 0) is 10.0 Å². The topological polar surface area (TPSA) is 122 Å². The van der Waals surface area contributed by atoms with Gasteiger partial charge in [-0.05, 0) is 31.2 Å². The molecule has 0 spiro atoms. The van der Waals surface area contributed by atoms with Crippen molar-refractivity contribution in [2.45, 2.75) is 11.9 Å². The molecule has 1 aromatic heterocycles. The molecule has 1 aliphatic rings. The first-order valence-corrected chi connectivity index (χ1v) is 10.2. The number of carbonyl (C=O) groups is 1. The molecule has 0 radical (unpaired) electrons. The van der Waals surface area contributed by atoms with Crippen LogP contribution < -0.4 is 19.5 Å². The van der Waals surface area contributed by atoms with Gasteiger partial charge in [-0.1, -0.05) is 17.7 Å². The van der Waals surface area contributed by atoms with Crippen molar-refractivity contribution in [2.75, 3.05) is 23.3 Å². The average molecular weight is 414 g/mol. The highest BCUT2D eigenvalue weighted by atomic mass is 32.2. The third kappa shape index (κ3) is 4.02. The lowest BCUT2D eigenvalue weighted by molar-refractivity contribution is 0.102. The molecule has 4 rings (SSSR count). The molecule has 0 fully saturated rings. The summed E-state index contributed by atoms with van der Waals surface area (Å²) >= 11 is 0. The molecule has 0 saturated carbocycles. The van der Waals surface area contributed by atoms with Gasteiger partial charge in [0.25, 0.3) is 15.9 Å². The Morgan fingerprint density at radius 1 is 1.03 bits per heavy atom. The van der Waals surface area contributed by atoms with Gasteiger partial charge in [-0.25, -0.2) is 0 Å². The van der Waals surface area contributed by atoms with Gasteiger partial charge in [0.15, 0.2) is 16.5 Å². The molecule has 0 saturated heterocycles. The molecule has 9 nitrogen and oxygen atoms in total. The first-order valence-electron chi connectivity index (χ1n) is 8.76. The average Bonchev–Trinajstić information content (AvgIpc) is 3.21. The molecule has 1 amide bonds. The van der Waals surface area contributed by atoms with E-state index in [-0.39, 0.29) is 10.6 Å². The molecule has 0 unspecified atom stereocenters. The van der Waals surface area contributed by atoms with Gasteiger partial charge in [-0.2, -0.15) is 13.5 Å². The van der Waals surface area contributed by atoms with Crippen molar-refractivity contribution in [1.29, 1.82) is 0 Å². The molecule has 0 aliphatic carbocycles. The van der Waals surface area contributed by atoms with E-state index in [0.29, 0.717) is 36.1 Å². The van der Waals surface area contributed by atoms with Crippen molar-refractivity contribution in [3.8, 4) is 11.5 Å². The normalized spacial score (nSPS) is 13.0. The van der Waals surface area contributed by atoms with Crippen LogP contribution in [0.25, 0.3) is 0 Å². The number of nitrogens with zero attached hydrogens (tertiary/aromatic N) is 1. The fourth-order valence-corrected chi connectivity index (χ4v) is 3.94. The van der Waals surface area contributed by atoms with Gasteiger partial charge in [0, 0.05) is 17.4 Å². The molecule has 10 heteroatoms. The summed E-state index contributed by atoms with van der Waals surface area (Å²) in [4.78, 5) is 12.7. The van der Waals surface area contributed by atoms with Crippen LogP contribution in [0.5, 0.6) is 11.5 Å². The van der Waals surface area contributed by atoms with Gasteiger partial charge in [-0.15, -0.1) is 0 Å². The zero-order valence-corrected chi connectivity index (χ0v) is 16.2. The number of aryl methyl sites for hydroxylation is 1. The summed E-state index contributed by atoms with van der Waals surface area (Å²) in [6, 6.07) is 11.8. The highest BCUT2D eigenvalue weighted by molar-refractivity contribution is 7.92. The number of fused-ring (bicyclic) bond motifs is 1. The quantitative estimate of drug-likeness (QED) is 0.590. The van der Waals surface area contributed by atoms with Crippen molar-refractivity contribution >= 4 is 27.3 Å². The Hall–Kier alpha value is -3.53. The second-order valence-corrected chi connectivity index (χ2v) is 8.02. The number of carbonyl (C=O) groups excluding carboxylic acids is 1. The van der Waals surface area contributed by atoms with E-state index in [1.54, 1.807) is 42.5 Å². The number of nitrogens with one attached hydrogen (secondary N) is 3. The van der Waals surface area contributed by atoms with Gasteiger partial charge < -0.3 is 14.8 Å². The number of aromatic amines is 1. The molecular weight excluding hydrogens is 396 g/mol. The van der Waals surface area contributed by atoms with Crippen LogP contribution in [-0.4, -0.2) is 37.7 Å². The number of hydrogen-bond acceptors (Lipinski definition) is 6. The van der Waals surface area contributed by atoms with E-state index in [1.165, 1.54) is 0 Å². The first-order chi connectivity index (χ1) is 13.9. The Kier molecular flexibility index (Phi) is 4.85. The van der Waals surface area contributed by atoms with Crippen molar-refractivity contribution in [3.05, 3.63) is 59.8 Å². The molecule has 3 aromatic rings. The SMILES string of the molecule is Cc1ccc(NS(=O)(=O)c2[nH]ncc2C(=O)Nc2ccc3c(c2)OCCO3)cc1. The highest BCUT2D eigenvalue weighted by Gasteiger charge is 2.25. The van der Waals surface area contributed by atoms with Crippen LogP contribution in [0.3, 0.4) is 0 Å². The predicted octanol–water partition coefficient (Wildman–Crippen LogP) is 2.54. The smallest absolute Gasteiger partial charge is 0.279 e. The highest BCUT2D eigenvalue weighted by Crippen LogP contribution is 2.32. The minimum absolute atomic E-state index is 0.112. The molecule has 3 N–H and O–H groups in total. The van der Waals surface area contributed by atoms with Crippen LogP contribution in [0.4, 0.5) is 11.4 Å². The summed E-state index contributed by atoms with van der Waals surface area (Å²) in [7, 11) is -4.04. The zero-order chi connectivity index (χ0) is 20.4.